The number of thiophene rings is 1. The number of nitrogens with two attached hydrogens (primary N) is 1. The lowest BCUT2D eigenvalue weighted by Crippen LogP contribution is -2.41. The first kappa shape index (κ1) is 14.0. The Labute approximate surface area is 114 Å². The van der Waals surface area contributed by atoms with Crippen LogP contribution in [0.2, 0.25) is 0 Å². The molecule has 3 nitrogen and oxygen atoms in total. The highest BCUT2D eigenvalue weighted by Crippen LogP contribution is 2.48. The van der Waals surface area contributed by atoms with Crippen molar-refractivity contribution < 1.29 is 4.74 Å². The molecule has 4 heteroatoms. The van der Waals surface area contributed by atoms with Gasteiger partial charge in [0, 0.05) is 5.92 Å². The summed E-state index contributed by atoms with van der Waals surface area (Å²) in [6.45, 7) is 10.8. The number of ether oxygens (including phenoxy) is 1. The zero-order valence-corrected chi connectivity index (χ0v) is 12.7. The highest BCUT2D eigenvalue weighted by Gasteiger charge is 2.49. The second-order valence-electron chi connectivity index (χ2n) is 6.43. The molecule has 0 aliphatic carbocycles. The van der Waals surface area contributed by atoms with Crippen LogP contribution in [0.1, 0.15) is 51.3 Å². The summed E-state index contributed by atoms with van der Waals surface area (Å²) >= 11 is 1.73. The molecule has 1 aromatic heterocycles. The first-order valence-electron chi connectivity index (χ1n) is 6.46. The molecule has 0 amide bonds. The summed E-state index contributed by atoms with van der Waals surface area (Å²) < 4.78 is 6.18. The van der Waals surface area contributed by atoms with E-state index in [0.29, 0.717) is 5.92 Å². The molecule has 1 aliphatic rings. The fourth-order valence-electron chi connectivity index (χ4n) is 3.24. The Bertz CT molecular complexity index is 425. The van der Waals surface area contributed by atoms with Crippen molar-refractivity contribution in [3.63, 3.8) is 0 Å². The third-order valence-electron chi connectivity index (χ3n) is 3.96. The standard InChI is InChI=1S/C14H24N2OS/c1-9-7-18-8-10(9)12(16-15)11-6-13(2,3)17-14(11,4)5/h7-8,11-12,16H,6,15H2,1-5H3. The molecule has 0 spiro atoms. The van der Waals surface area contributed by atoms with Crippen molar-refractivity contribution in [3.8, 4) is 0 Å². The summed E-state index contributed by atoms with van der Waals surface area (Å²) in [5.74, 6) is 6.20. The number of hydrogen-bond donors (Lipinski definition) is 2. The van der Waals surface area contributed by atoms with Crippen LogP contribution in [0.25, 0.3) is 0 Å². The van der Waals surface area contributed by atoms with E-state index in [9.17, 15) is 0 Å². The van der Waals surface area contributed by atoms with Crippen LogP contribution >= 0.6 is 11.3 Å². The molecule has 1 aromatic rings. The van der Waals surface area contributed by atoms with Crippen molar-refractivity contribution in [1.82, 2.24) is 5.43 Å². The smallest absolute Gasteiger partial charge is 0.0681 e. The average Bonchev–Trinajstić information content (AvgIpc) is 2.71. The number of aryl methyl sites for hydroxylation is 1. The summed E-state index contributed by atoms with van der Waals surface area (Å²) in [5.41, 5.74) is 5.39. The summed E-state index contributed by atoms with van der Waals surface area (Å²) in [6.07, 6.45) is 1.02. The number of hydrogen-bond acceptors (Lipinski definition) is 4. The van der Waals surface area contributed by atoms with Crippen LogP contribution in [0, 0.1) is 12.8 Å². The Kier molecular flexibility index (Phi) is 3.58. The molecule has 2 atom stereocenters. The van der Waals surface area contributed by atoms with Gasteiger partial charge in [0.05, 0.1) is 17.2 Å². The molecular formula is C14H24N2OS. The molecule has 2 unspecified atom stereocenters. The number of nitrogens with one attached hydrogen (secondary N) is 1. The van der Waals surface area contributed by atoms with E-state index >= 15 is 0 Å². The lowest BCUT2D eigenvalue weighted by Gasteiger charge is -2.32. The second-order valence-corrected chi connectivity index (χ2v) is 7.17. The molecule has 2 heterocycles. The van der Waals surface area contributed by atoms with Crippen LogP contribution in [0.3, 0.4) is 0 Å². The van der Waals surface area contributed by atoms with Gasteiger partial charge in [-0.25, -0.2) is 0 Å². The van der Waals surface area contributed by atoms with Crippen molar-refractivity contribution in [2.24, 2.45) is 11.8 Å². The molecule has 0 saturated carbocycles. The third kappa shape index (κ3) is 2.48. The zero-order chi connectivity index (χ0) is 13.6. The topological polar surface area (TPSA) is 47.3 Å². The van der Waals surface area contributed by atoms with E-state index in [1.54, 1.807) is 11.3 Å². The molecule has 102 valence electrons. The Morgan fingerprint density at radius 2 is 2.06 bits per heavy atom. The van der Waals surface area contributed by atoms with E-state index in [0.717, 1.165) is 6.42 Å². The maximum absolute atomic E-state index is 6.18. The van der Waals surface area contributed by atoms with Crippen LogP contribution < -0.4 is 11.3 Å². The molecule has 3 N–H and O–H groups in total. The maximum atomic E-state index is 6.18. The van der Waals surface area contributed by atoms with Crippen LogP contribution in [0.15, 0.2) is 10.8 Å². The first-order chi connectivity index (χ1) is 8.27. The van der Waals surface area contributed by atoms with E-state index in [1.165, 1.54) is 11.1 Å². The van der Waals surface area contributed by atoms with E-state index in [2.05, 4.69) is 50.8 Å². The predicted molar refractivity (Wildman–Crippen MR) is 76.5 cm³/mol. The predicted octanol–water partition coefficient (Wildman–Crippen LogP) is 3.15. The van der Waals surface area contributed by atoms with Crippen LogP contribution in [0.5, 0.6) is 0 Å². The molecule has 0 radical (unpaired) electrons. The quantitative estimate of drug-likeness (QED) is 0.654. The van der Waals surface area contributed by atoms with Gasteiger partial charge in [-0.3, -0.25) is 11.3 Å². The molecule has 2 rings (SSSR count). The van der Waals surface area contributed by atoms with Crippen molar-refractivity contribution in [1.29, 1.82) is 0 Å². The van der Waals surface area contributed by atoms with Gasteiger partial charge in [0.15, 0.2) is 0 Å². The highest BCUT2D eigenvalue weighted by atomic mass is 32.1. The fourth-order valence-corrected chi connectivity index (χ4v) is 4.12. The van der Waals surface area contributed by atoms with E-state index in [4.69, 9.17) is 10.6 Å². The van der Waals surface area contributed by atoms with Gasteiger partial charge in [0.25, 0.3) is 0 Å². The minimum absolute atomic E-state index is 0.0762. The Morgan fingerprint density at radius 3 is 2.44 bits per heavy atom. The molecule has 1 aliphatic heterocycles. The van der Waals surface area contributed by atoms with Crippen molar-refractivity contribution in [2.75, 3.05) is 0 Å². The molecule has 18 heavy (non-hydrogen) atoms. The normalized spacial score (nSPS) is 27.3. The van der Waals surface area contributed by atoms with Crippen molar-refractivity contribution in [2.45, 2.75) is 58.3 Å². The van der Waals surface area contributed by atoms with Crippen LogP contribution in [-0.4, -0.2) is 11.2 Å². The first-order valence-corrected chi connectivity index (χ1v) is 7.40. The molecular weight excluding hydrogens is 244 g/mol. The largest absolute Gasteiger partial charge is 0.369 e. The van der Waals surface area contributed by atoms with Gasteiger partial charge in [-0.1, -0.05) is 0 Å². The van der Waals surface area contributed by atoms with Crippen molar-refractivity contribution >= 4 is 11.3 Å². The summed E-state index contributed by atoms with van der Waals surface area (Å²) in [5, 5.41) is 4.37. The van der Waals surface area contributed by atoms with Gasteiger partial charge in [0.2, 0.25) is 0 Å². The van der Waals surface area contributed by atoms with Gasteiger partial charge in [-0.2, -0.15) is 11.3 Å². The zero-order valence-electron chi connectivity index (χ0n) is 11.9. The van der Waals surface area contributed by atoms with Crippen LogP contribution in [0.4, 0.5) is 0 Å². The van der Waals surface area contributed by atoms with Crippen molar-refractivity contribution in [3.05, 3.63) is 21.9 Å². The third-order valence-corrected chi connectivity index (χ3v) is 4.84. The second kappa shape index (κ2) is 4.60. The van der Waals surface area contributed by atoms with Gasteiger partial charge in [-0.15, -0.1) is 0 Å². The molecule has 0 aromatic carbocycles. The SMILES string of the molecule is Cc1cscc1C(NN)C1CC(C)(C)OC1(C)C. The minimum atomic E-state index is -0.158. The van der Waals surface area contributed by atoms with Gasteiger partial charge in [0.1, 0.15) is 0 Å². The van der Waals surface area contributed by atoms with Gasteiger partial charge < -0.3 is 4.74 Å². The monoisotopic (exact) mass is 268 g/mol. The number of hydrazine groups is 1. The van der Waals surface area contributed by atoms with E-state index < -0.39 is 0 Å². The molecule has 1 fully saturated rings. The van der Waals surface area contributed by atoms with Crippen LogP contribution in [-0.2, 0) is 4.74 Å². The average molecular weight is 268 g/mol. The maximum Gasteiger partial charge on any atom is 0.0681 e. The van der Waals surface area contributed by atoms with Gasteiger partial charge in [-0.05, 0) is 62.9 Å². The lowest BCUT2D eigenvalue weighted by atomic mass is 9.79. The summed E-state index contributed by atoms with van der Waals surface area (Å²) in [6, 6.07) is 0.160. The van der Waals surface area contributed by atoms with E-state index in [-0.39, 0.29) is 17.2 Å². The summed E-state index contributed by atoms with van der Waals surface area (Å²) in [7, 11) is 0. The Morgan fingerprint density at radius 1 is 1.39 bits per heavy atom. The lowest BCUT2D eigenvalue weighted by molar-refractivity contribution is -0.0779. The molecule has 0 bridgehead atoms. The highest BCUT2D eigenvalue weighted by molar-refractivity contribution is 7.08. The summed E-state index contributed by atoms with van der Waals surface area (Å²) in [4.78, 5) is 0. The Balaban J connectivity index is 2.32. The fraction of sp³-hybridized carbons (Fsp3) is 0.714. The Hall–Kier alpha value is -0.420. The molecule has 1 saturated heterocycles. The van der Waals surface area contributed by atoms with Gasteiger partial charge >= 0.3 is 0 Å². The van der Waals surface area contributed by atoms with E-state index in [1.807, 2.05) is 0 Å². The number of rotatable bonds is 3. The minimum Gasteiger partial charge on any atom is -0.369 e.